The van der Waals surface area contributed by atoms with Crippen LogP contribution in [0.4, 0.5) is 0 Å². The van der Waals surface area contributed by atoms with Crippen LogP contribution in [0.2, 0.25) is 5.02 Å². The topological polar surface area (TPSA) is 26.3 Å². The highest BCUT2D eigenvalue weighted by atomic mass is 35.5. The monoisotopic (exact) mass is 332 g/mol. The van der Waals surface area contributed by atoms with Gasteiger partial charge >= 0.3 is 5.97 Å². The van der Waals surface area contributed by atoms with Crippen LogP contribution < -0.4 is 0 Å². The van der Waals surface area contributed by atoms with Gasteiger partial charge in [-0.15, -0.1) is 11.8 Å². The van der Waals surface area contributed by atoms with Gasteiger partial charge in [0.05, 0.1) is 12.7 Å². The molecule has 0 saturated carbocycles. The normalized spacial score (nSPS) is 11.3. The van der Waals surface area contributed by atoms with Crippen molar-refractivity contribution < 1.29 is 9.53 Å². The molecular formula is C18H17ClO2S. The maximum absolute atomic E-state index is 11.9. The first-order valence-electron chi connectivity index (χ1n) is 6.87. The van der Waals surface area contributed by atoms with Crippen LogP contribution in [0.5, 0.6) is 0 Å². The fourth-order valence-electron chi connectivity index (χ4n) is 2.12. The predicted molar refractivity (Wildman–Crippen MR) is 93.1 cm³/mol. The lowest BCUT2D eigenvalue weighted by Gasteiger charge is -2.11. The van der Waals surface area contributed by atoms with Gasteiger partial charge in [0.2, 0.25) is 0 Å². The Morgan fingerprint density at radius 1 is 1.23 bits per heavy atom. The summed E-state index contributed by atoms with van der Waals surface area (Å²) in [5, 5.41) is 0.724. The van der Waals surface area contributed by atoms with E-state index >= 15 is 0 Å². The average Bonchev–Trinajstić information content (AvgIpc) is 2.54. The molecule has 0 bridgehead atoms. The molecule has 114 valence electrons. The molecule has 0 aliphatic carbocycles. The van der Waals surface area contributed by atoms with Crippen LogP contribution in [0.3, 0.4) is 0 Å². The Labute approximate surface area is 140 Å². The number of ether oxygens (including phenoxy) is 1. The van der Waals surface area contributed by atoms with Crippen molar-refractivity contribution >= 4 is 34.9 Å². The molecule has 0 aromatic heterocycles. The minimum Gasteiger partial charge on any atom is -0.465 e. The molecule has 0 aliphatic heterocycles. The Bertz CT molecular complexity index is 695. The fourth-order valence-corrected chi connectivity index (χ4v) is 3.33. The molecule has 2 aromatic rings. The van der Waals surface area contributed by atoms with Gasteiger partial charge in [0.15, 0.2) is 0 Å². The summed E-state index contributed by atoms with van der Waals surface area (Å²) in [6, 6.07) is 15.6. The Morgan fingerprint density at radius 3 is 2.68 bits per heavy atom. The van der Waals surface area contributed by atoms with Crippen LogP contribution in [-0.4, -0.2) is 13.1 Å². The van der Waals surface area contributed by atoms with Crippen LogP contribution >= 0.6 is 23.4 Å². The number of carbonyl (C=O) groups is 1. The van der Waals surface area contributed by atoms with Gasteiger partial charge in [-0.25, -0.2) is 4.79 Å². The molecule has 0 radical (unpaired) electrons. The van der Waals surface area contributed by atoms with Crippen LogP contribution in [0.15, 0.2) is 59.5 Å². The van der Waals surface area contributed by atoms with Gasteiger partial charge in [-0.2, -0.15) is 0 Å². The van der Waals surface area contributed by atoms with E-state index in [9.17, 15) is 4.79 Å². The Hall–Kier alpha value is -1.71. The Kier molecular flexibility index (Phi) is 6.10. The average molecular weight is 333 g/mol. The van der Waals surface area contributed by atoms with E-state index in [4.69, 9.17) is 16.3 Å². The van der Waals surface area contributed by atoms with Crippen molar-refractivity contribution in [1.29, 1.82) is 0 Å². The molecule has 4 heteroatoms. The first-order valence-corrected chi connectivity index (χ1v) is 8.23. The third-order valence-corrected chi connectivity index (χ3v) is 4.47. The van der Waals surface area contributed by atoms with Crippen LogP contribution in [0.25, 0.3) is 5.57 Å². The largest absolute Gasteiger partial charge is 0.465 e. The number of halogens is 1. The van der Waals surface area contributed by atoms with Gasteiger partial charge < -0.3 is 4.74 Å². The number of rotatable bonds is 5. The number of carbonyl (C=O) groups excluding carboxylic acids is 1. The maximum Gasteiger partial charge on any atom is 0.338 e. The first kappa shape index (κ1) is 16.7. The lowest BCUT2D eigenvalue weighted by Crippen LogP contribution is -2.05. The van der Waals surface area contributed by atoms with Crippen molar-refractivity contribution in [3.05, 3.63) is 70.8 Å². The fraction of sp³-hybridized carbons (Fsp3) is 0.167. The summed E-state index contributed by atoms with van der Waals surface area (Å²) in [7, 11) is 1.40. The Balaban J connectivity index is 2.23. The molecule has 0 spiro atoms. The zero-order valence-corrected chi connectivity index (χ0v) is 14.1. The summed E-state index contributed by atoms with van der Waals surface area (Å²) in [5.74, 6) is 0.438. The molecule has 0 N–H and O–H groups in total. The van der Waals surface area contributed by atoms with Gasteiger partial charge in [-0.1, -0.05) is 48.0 Å². The second-order valence-electron chi connectivity index (χ2n) is 4.60. The van der Waals surface area contributed by atoms with E-state index in [1.807, 2.05) is 55.5 Å². The van der Waals surface area contributed by atoms with Gasteiger partial charge in [-0.3, -0.25) is 0 Å². The highest BCUT2D eigenvalue weighted by Crippen LogP contribution is 2.29. The van der Waals surface area contributed by atoms with Crippen molar-refractivity contribution in [2.24, 2.45) is 0 Å². The molecule has 0 unspecified atom stereocenters. The van der Waals surface area contributed by atoms with Crippen molar-refractivity contribution in [3.8, 4) is 0 Å². The molecule has 2 nitrogen and oxygen atoms in total. The number of hydrogen-bond acceptors (Lipinski definition) is 3. The summed E-state index contributed by atoms with van der Waals surface area (Å²) in [5.41, 5.74) is 2.59. The van der Waals surface area contributed by atoms with Crippen LogP contribution in [-0.2, 0) is 15.3 Å². The minimum atomic E-state index is -0.317. The number of benzene rings is 2. The molecule has 0 atom stereocenters. The minimum absolute atomic E-state index is 0.317. The lowest BCUT2D eigenvalue weighted by atomic mass is 10.0. The second kappa shape index (κ2) is 8.06. The highest BCUT2D eigenvalue weighted by molar-refractivity contribution is 7.98. The zero-order chi connectivity index (χ0) is 15.9. The molecule has 0 aliphatic rings. The van der Waals surface area contributed by atoms with Crippen molar-refractivity contribution in [2.75, 3.05) is 7.11 Å². The van der Waals surface area contributed by atoms with Crippen LogP contribution in [0.1, 0.15) is 18.1 Å². The first-order chi connectivity index (χ1) is 10.7. The molecule has 22 heavy (non-hydrogen) atoms. The second-order valence-corrected chi connectivity index (χ2v) is 6.08. The SMILES string of the molecule is CC=C(C(=O)OC)c1ccccc1CSc1cccc(Cl)c1. The highest BCUT2D eigenvalue weighted by Gasteiger charge is 2.14. The van der Waals surface area contributed by atoms with Crippen LogP contribution in [0, 0.1) is 0 Å². The van der Waals surface area contributed by atoms with E-state index in [1.54, 1.807) is 17.8 Å². The van der Waals surface area contributed by atoms with E-state index in [0.717, 1.165) is 26.8 Å². The number of esters is 1. The lowest BCUT2D eigenvalue weighted by molar-refractivity contribution is -0.133. The molecule has 0 saturated heterocycles. The van der Waals surface area contributed by atoms with Gasteiger partial charge in [-0.05, 0) is 36.2 Å². The predicted octanol–water partition coefficient (Wildman–Crippen LogP) is 5.21. The van der Waals surface area contributed by atoms with E-state index in [1.165, 1.54) is 7.11 Å². The standard InChI is InChI=1S/C18H17ClO2S/c1-3-16(18(20)21-2)17-10-5-4-7-13(17)12-22-15-9-6-8-14(19)11-15/h3-11H,12H2,1-2H3. The maximum atomic E-state index is 11.9. The summed E-state index contributed by atoms with van der Waals surface area (Å²) in [4.78, 5) is 13.0. The number of methoxy groups -OCH3 is 1. The van der Waals surface area contributed by atoms with Gasteiger partial charge in [0.1, 0.15) is 0 Å². The summed E-state index contributed by atoms with van der Waals surface area (Å²) in [6.45, 7) is 1.84. The van der Waals surface area contributed by atoms with Gasteiger partial charge in [0.25, 0.3) is 0 Å². The van der Waals surface area contributed by atoms with E-state index in [0.29, 0.717) is 5.57 Å². The van der Waals surface area contributed by atoms with Crippen molar-refractivity contribution in [2.45, 2.75) is 17.6 Å². The number of hydrogen-bond donors (Lipinski definition) is 0. The van der Waals surface area contributed by atoms with E-state index < -0.39 is 0 Å². The molecule has 0 heterocycles. The Morgan fingerprint density at radius 2 is 2.00 bits per heavy atom. The molecule has 0 amide bonds. The third kappa shape index (κ3) is 4.15. The molecule has 2 aromatic carbocycles. The third-order valence-electron chi connectivity index (χ3n) is 3.19. The number of thioether (sulfide) groups is 1. The molecule has 2 rings (SSSR count). The van der Waals surface area contributed by atoms with E-state index in [-0.39, 0.29) is 5.97 Å². The summed E-state index contributed by atoms with van der Waals surface area (Å²) >= 11 is 7.69. The van der Waals surface area contributed by atoms with Crippen molar-refractivity contribution in [1.82, 2.24) is 0 Å². The molecule has 0 fully saturated rings. The smallest absolute Gasteiger partial charge is 0.338 e. The van der Waals surface area contributed by atoms with E-state index in [2.05, 4.69) is 0 Å². The quantitative estimate of drug-likeness (QED) is 0.427. The summed E-state index contributed by atoms with van der Waals surface area (Å²) in [6.07, 6.45) is 1.79. The van der Waals surface area contributed by atoms with Crippen molar-refractivity contribution in [3.63, 3.8) is 0 Å². The molecular weight excluding hydrogens is 316 g/mol. The zero-order valence-electron chi connectivity index (χ0n) is 12.5. The summed E-state index contributed by atoms with van der Waals surface area (Å²) < 4.78 is 4.86. The number of allylic oxidation sites excluding steroid dienone is 1. The van der Waals surface area contributed by atoms with Gasteiger partial charge in [0, 0.05) is 15.7 Å².